The minimum Gasteiger partial charge on any atom is -0.106 e. The predicted octanol–water partition coefficient (Wildman–Crippen LogP) is 6.67. The molecule has 1 aromatic rings. The van der Waals surface area contributed by atoms with Gasteiger partial charge in [-0.05, 0) is 47.6 Å². The summed E-state index contributed by atoms with van der Waals surface area (Å²) in [7, 11) is 0. The van der Waals surface area contributed by atoms with E-state index in [1.54, 1.807) is 0 Å². The molecule has 0 spiro atoms. The highest BCUT2D eigenvalue weighted by atomic mass is 14.1. The van der Waals surface area contributed by atoms with Crippen molar-refractivity contribution in [1.82, 2.24) is 0 Å². The molecular formula is C19H30. The van der Waals surface area contributed by atoms with Gasteiger partial charge in [0.1, 0.15) is 0 Å². The third-order valence-corrected chi connectivity index (χ3v) is 2.87. The molecule has 0 radical (unpaired) electrons. The van der Waals surface area contributed by atoms with Crippen LogP contribution in [0, 0.1) is 6.92 Å². The highest BCUT2D eigenvalue weighted by Gasteiger charge is 2.03. The summed E-state index contributed by atoms with van der Waals surface area (Å²) < 4.78 is 0. The third kappa shape index (κ3) is 6.24. The van der Waals surface area contributed by atoms with Crippen molar-refractivity contribution in [3.8, 4) is 0 Å². The second kappa shape index (κ2) is 11.5. The molecule has 0 nitrogen and oxygen atoms in total. The smallest absolute Gasteiger partial charge is 0.0201 e. The van der Waals surface area contributed by atoms with E-state index in [0.29, 0.717) is 0 Å². The number of allylic oxidation sites excluding steroid dienone is 2. The fraction of sp³-hybridized carbons (Fsp3) is 0.368. The lowest BCUT2D eigenvalue weighted by molar-refractivity contribution is 1.22. The largest absolute Gasteiger partial charge is 0.106 e. The van der Waals surface area contributed by atoms with E-state index in [9.17, 15) is 0 Å². The van der Waals surface area contributed by atoms with Crippen molar-refractivity contribution in [2.24, 2.45) is 0 Å². The molecule has 0 atom stereocenters. The van der Waals surface area contributed by atoms with Gasteiger partial charge in [0.25, 0.3) is 0 Å². The first-order valence-corrected chi connectivity index (χ1v) is 7.07. The summed E-state index contributed by atoms with van der Waals surface area (Å²) in [5, 5.41) is 0. The summed E-state index contributed by atoms with van der Waals surface area (Å²) in [6.45, 7) is 24.5. The van der Waals surface area contributed by atoms with Crippen LogP contribution in [0.25, 0.3) is 11.1 Å². The minimum absolute atomic E-state index is 1.01. The van der Waals surface area contributed by atoms with E-state index in [-0.39, 0.29) is 0 Å². The Bertz CT molecular complexity index is 396. The van der Waals surface area contributed by atoms with E-state index < -0.39 is 0 Å². The molecular weight excluding hydrogens is 228 g/mol. The zero-order chi connectivity index (χ0) is 15.4. The summed E-state index contributed by atoms with van der Waals surface area (Å²) in [6, 6.07) is 6.52. The average Bonchev–Trinajstić information content (AvgIpc) is 2.49. The van der Waals surface area contributed by atoms with Gasteiger partial charge in [-0.3, -0.25) is 0 Å². The Labute approximate surface area is 120 Å². The van der Waals surface area contributed by atoms with E-state index in [0.717, 1.165) is 12.8 Å². The molecule has 0 bridgehead atoms. The molecule has 19 heavy (non-hydrogen) atoms. The van der Waals surface area contributed by atoms with E-state index in [1.165, 1.54) is 27.8 Å². The lowest BCUT2D eigenvalue weighted by Gasteiger charge is -2.10. The average molecular weight is 258 g/mol. The Balaban J connectivity index is 0. The Morgan fingerprint density at radius 3 is 1.79 bits per heavy atom. The number of rotatable bonds is 4. The maximum absolute atomic E-state index is 4.08. The first-order chi connectivity index (χ1) is 9.10. The maximum Gasteiger partial charge on any atom is -0.0201 e. The van der Waals surface area contributed by atoms with Crippen LogP contribution in [-0.2, 0) is 0 Å². The van der Waals surface area contributed by atoms with Crippen LogP contribution in [0.5, 0.6) is 0 Å². The molecule has 0 heterocycles. The van der Waals surface area contributed by atoms with E-state index in [2.05, 4.69) is 65.3 Å². The van der Waals surface area contributed by atoms with Crippen molar-refractivity contribution >= 4 is 11.1 Å². The fourth-order valence-electron chi connectivity index (χ4n) is 1.67. The topological polar surface area (TPSA) is 0 Å². The lowest BCUT2D eigenvalue weighted by Crippen LogP contribution is -1.90. The van der Waals surface area contributed by atoms with E-state index >= 15 is 0 Å². The Hall–Kier alpha value is -1.56. The van der Waals surface area contributed by atoms with E-state index in [4.69, 9.17) is 0 Å². The fourth-order valence-corrected chi connectivity index (χ4v) is 1.67. The molecule has 106 valence electrons. The van der Waals surface area contributed by atoms with Gasteiger partial charge >= 0.3 is 0 Å². The Morgan fingerprint density at radius 1 is 0.947 bits per heavy atom. The molecule has 0 amide bonds. The molecule has 0 aliphatic carbocycles. The minimum atomic E-state index is 1.01. The second-order valence-corrected chi connectivity index (χ2v) is 3.94. The first-order valence-electron chi connectivity index (χ1n) is 7.07. The van der Waals surface area contributed by atoms with Crippen molar-refractivity contribution in [2.45, 2.75) is 47.5 Å². The summed E-state index contributed by atoms with van der Waals surface area (Å²) in [4.78, 5) is 0. The van der Waals surface area contributed by atoms with Gasteiger partial charge in [-0.2, -0.15) is 0 Å². The molecule has 1 rings (SSSR count). The van der Waals surface area contributed by atoms with Crippen molar-refractivity contribution in [1.29, 1.82) is 0 Å². The van der Waals surface area contributed by atoms with Gasteiger partial charge < -0.3 is 0 Å². The molecule has 0 heteroatoms. The second-order valence-electron chi connectivity index (χ2n) is 3.94. The highest BCUT2D eigenvalue weighted by Crippen LogP contribution is 2.24. The molecule has 0 N–H and O–H groups in total. The monoisotopic (exact) mass is 258 g/mol. The highest BCUT2D eigenvalue weighted by molar-refractivity contribution is 5.70. The summed E-state index contributed by atoms with van der Waals surface area (Å²) >= 11 is 0. The van der Waals surface area contributed by atoms with Crippen LogP contribution < -0.4 is 0 Å². The zero-order valence-electron chi connectivity index (χ0n) is 13.5. The van der Waals surface area contributed by atoms with Crippen LogP contribution >= 0.6 is 0 Å². The van der Waals surface area contributed by atoms with Crippen molar-refractivity contribution in [2.75, 3.05) is 0 Å². The molecule has 0 aromatic heterocycles. The number of hydrogen-bond acceptors (Lipinski definition) is 0. The summed E-state index contributed by atoms with van der Waals surface area (Å²) in [5.41, 5.74) is 6.25. The lowest BCUT2D eigenvalue weighted by atomic mass is 9.95. The van der Waals surface area contributed by atoms with Crippen LogP contribution in [-0.4, -0.2) is 0 Å². The SMILES string of the molecule is C=C.C=C(CC)c1ccc(C(=C)CC)c(C)c1.CC. The van der Waals surface area contributed by atoms with E-state index in [1.807, 2.05) is 13.8 Å². The molecule has 0 aliphatic heterocycles. The van der Waals surface area contributed by atoms with Gasteiger partial charge in [0.15, 0.2) is 0 Å². The van der Waals surface area contributed by atoms with Gasteiger partial charge in [-0.15, -0.1) is 13.2 Å². The van der Waals surface area contributed by atoms with Crippen molar-refractivity contribution < 1.29 is 0 Å². The van der Waals surface area contributed by atoms with Crippen molar-refractivity contribution in [3.63, 3.8) is 0 Å². The molecule has 0 saturated carbocycles. The normalized spacial score (nSPS) is 8.47. The van der Waals surface area contributed by atoms with Gasteiger partial charge in [0.2, 0.25) is 0 Å². The molecule has 0 unspecified atom stereocenters. The Kier molecular flexibility index (Phi) is 12.0. The van der Waals surface area contributed by atoms with Crippen molar-refractivity contribution in [3.05, 3.63) is 61.2 Å². The van der Waals surface area contributed by atoms with Crippen LogP contribution in [0.3, 0.4) is 0 Å². The third-order valence-electron chi connectivity index (χ3n) is 2.87. The first kappa shape index (κ1) is 19.8. The van der Waals surface area contributed by atoms with Gasteiger partial charge in [0, 0.05) is 0 Å². The number of benzene rings is 1. The molecule has 1 aromatic carbocycles. The Morgan fingerprint density at radius 2 is 1.42 bits per heavy atom. The van der Waals surface area contributed by atoms with Crippen LogP contribution in [0.15, 0.2) is 44.5 Å². The van der Waals surface area contributed by atoms with Crippen LogP contribution in [0.4, 0.5) is 0 Å². The van der Waals surface area contributed by atoms with Crippen LogP contribution in [0.2, 0.25) is 0 Å². The standard InChI is InChI=1S/C15H20.C2H6.C2H4/c1-6-11(3)14-8-9-15(12(4)7-2)13(5)10-14;2*1-2/h8-10H,3-4,6-7H2,1-2,5H3;1-2H3;1-2H2. The van der Waals surface area contributed by atoms with Gasteiger partial charge in [0.05, 0.1) is 0 Å². The van der Waals surface area contributed by atoms with Gasteiger partial charge in [-0.25, -0.2) is 0 Å². The molecule has 0 saturated heterocycles. The number of aryl methyl sites for hydroxylation is 1. The maximum atomic E-state index is 4.08. The van der Waals surface area contributed by atoms with Gasteiger partial charge in [-0.1, -0.05) is 59.1 Å². The number of hydrogen-bond donors (Lipinski definition) is 0. The predicted molar refractivity (Wildman–Crippen MR) is 92.4 cm³/mol. The quantitative estimate of drug-likeness (QED) is 0.529. The molecule has 0 fully saturated rings. The van der Waals surface area contributed by atoms with Crippen LogP contribution in [0.1, 0.15) is 57.2 Å². The summed E-state index contributed by atoms with van der Waals surface area (Å²) in [6.07, 6.45) is 2.02. The zero-order valence-corrected chi connectivity index (χ0v) is 13.5. The molecule has 0 aliphatic rings. The summed E-state index contributed by atoms with van der Waals surface area (Å²) in [5.74, 6) is 0.